The molecule has 0 aliphatic rings. The fourth-order valence-electron chi connectivity index (χ4n) is 1.12. The Morgan fingerprint density at radius 3 is 0.972 bits per heavy atom. The van der Waals surface area contributed by atoms with Crippen molar-refractivity contribution in [2.45, 2.75) is 116 Å². The highest BCUT2D eigenvalue weighted by Crippen LogP contribution is 1.97. The van der Waals surface area contributed by atoms with Crippen LogP contribution in [0.2, 0.25) is 0 Å². The summed E-state index contributed by atoms with van der Waals surface area (Å²) in [6.07, 6.45) is 16.7. The lowest BCUT2D eigenvalue weighted by molar-refractivity contribution is -0.163. The fourth-order valence-corrected chi connectivity index (χ4v) is 1.12. The van der Waals surface area contributed by atoms with E-state index >= 15 is 0 Å². The van der Waals surface area contributed by atoms with E-state index in [0.717, 1.165) is 6.42 Å². The van der Waals surface area contributed by atoms with E-state index in [1.54, 1.807) is 0 Å². The van der Waals surface area contributed by atoms with E-state index in [-0.39, 0.29) is 13.2 Å². The topological polar surface area (TPSA) is 78.9 Å². The molecule has 0 aliphatic carbocycles. The van der Waals surface area contributed by atoms with Gasteiger partial charge in [0.2, 0.25) is 0 Å². The van der Waals surface area contributed by atoms with Crippen LogP contribution in [0.5, 0.6) is 0 Å². The van der Waals surface area contributed by atoms with Crippen molar-refractivity contribution < 1.29 is 28.6 Å². The van der Waals surface area contributed by atoms with E-state index in [4.69, 9.17) is 4.74 Å². The van der Waals surface area contributed by atoms with Crippen molar-refractivity contribution >= 4 is 17.9 Å². The van der Waals surface area contributed by atoms with Crippen LogP contribution in [0, 0.1) is 0 Å². The molecule has 0 aliphatic heterocycles. The molecule has 0 bridgehead atoms. The summed E-state index contributed by atoms with van der Waals surface area (Å²) < 4.78 is 14.0. The second-order valence-corrected chi connectivity index (χ2v) is 5.54. The van der Waals surface area contributed by atoms with Gasteiger partial charge in [-0.3, -0.25) is 14.4 Å². The third-order valence-electron chi connectivity index (χ3n) is 2.69. The highest BCUT2D eigenvalue weighted by molar-refractivity contribution is 5.67. The predicted molar refractivity (Wildman–Crippen MR) is 158 cm³/mol. The Hall–Kier alpha value is -2.63. The van der Waals surface area contributed by atoms with Gasteiger partial charge in [-0.15, -0.1) is 0 Å². The van der Waals surface area contributed by atoms with Gasteiger partial charge < -0.3 is 14.2 Å². The number of ether oxygens (including phenoxy) is 3. The lowest BCUT2D eigenvalue weighted by atomic mass is 10.3. The van der Waals surface area contributed by atoms with Gasteiger partial charge in [0, 0.05) is 20.8 Å². The molecule has 0 atom stereocenters. The molecule has 6 nitrogen and oxygen atoms in total. The number of carbonyl (C=O) groups excluding carboxylic acids is 3. The van der Waals surface area contributed by atoms with Crippen molar-refractivity contribution in [2.24, 2.45) is 0 Å². The molecule has 0 radical (unpaired) electrons. The van der Waals surface area contributed by atoms with E-state index in [1.165, 1.54) is 20.8 Å². The van der Waals surface area contributed by atoms with Crippen molar-refractivity contribution in [1.29, 1.82) is 0 Å². The summed E-state index contributed by atoms with van der Waals surface area (Å²) in [6, 6.07) is 0. The van der Waals surface area contributed by atoms with Crippen LogP contribution < -0.4 is 0 Å². The number of allylic oxidation sites excluding steroid dienone is 8. The van der Waals surface area contributed by atoms with Gasteiger partial charge >= 0.3 is 17.9 Å². The van der Waals surface area contributed by atoms with Crippen molar-refractivity contribution in [2.75, 3.05) is 13.2 Å². The maximum absolute atomic E-state index is 10.6. The van der Waals surface area contributed by atoms with Crippen LogP contribution in [-0.4, -0.2) is 37.2 Å². The molecular formula is C30H60O6. The molecule has 0 heterocycles. The maximum atomic E-state index is 10.6. The standard InChI is InChI=1S/C9H14O6.C7H12.2C4H8.3C2H6/c1-6(10)13-4-9(15-8(3)12)5-14-7(2)11;1-3-5-7-6-4-2;2*1-3-4-2;3*1-2/h9H,4-5H2,1-3H3;3-6H,7H2,1-2H3;2*3-4H,1-2H3;3*1-2H3/b;5-3-,6-4-;2*4-3-;;;. The molecule has 0 aromatic heterocycles. The van der Waals surface area contributed by atoms with Gasteiger partial charge in [0.05, 0.1) is 0 Å². The molecule has 0 saturated carbocycles. The molecule has 0 aromatic rings. The zero-order valence-corrected chi connectivity index (χ0v) is 26.3. The van der Waals surface area contributed by atoms with E-state index < -0.39 is 24.0 Å². The minimum atomic E-state index is -0.754. The lowest BCUT2D eigenvalue weighted by Crippen LogP contribution is -2.29. The van der Waals surface area contributed by atoms with Crippen LogP contribution >= 0.6 is 0 Å². The first-order valence-electron chi connectivity index (χ1n) is 13.0. The molecule has 0 unspecified atom stereocenters. The Morgan fingerprint density at radius 2 is 0.806 bits per heavy atom. The molecule has 0 amide bonds. The molecule has 0 aromatic carbocycles. The van der Waals surface area contributed by atoms with Gasteiger partial charge in [-0.25, -0.2) is 0 Å². The fraction of sp³-hybridized carbons (Fsp3) is 0.633. The Bertz CT molecular complexity index is 472. The molecule has 216 valence electrons. The summed E-state index contributed by atoms with van der Waals surface area (Å²) in [5.41, 5.74) is 0. The largest absolute Gasteiger partial charge is 0.462 e. The van der Waals surface area contributed by atoms with Gasteiger partial charge in [0.1, 0.15) is 13.2 Å². The van der Waals surface area contributed by atoms with Crippen molar-refractivity contribution in [1.82, 2.24) is 0 Å². The molecule has 0 spiro atoms. The summed E-state index contributed by atoms with van der Waals surface area (Å²) in [6.45, 7) is 27.5. The molecular weight excluding hydrogens is 456 g/mol. The number of esters is 3. The Kier molecular flexibility index (Phi) is 81.5. The van der Waals surface area contributed by atoms with Crippen molar-refractivity contribution in [3.05, 3.63) is 48.6 Å². The summed E-state index contributed by atoms with van der Waals surface area (Å²) in [4.78, 5) is 31.6. The molecule has 36 heavy (non-hydrogen) atoms. The molecule has 0 rings (SSSR count). The second kappa shape index (κ2) is 58.3. The zero-order chi connectivity index (χ0) is 30.2. The van der Waals surface area contributed by atoms with Gasteiger partial charge in [0.15, 0.2) is 6.10 Å². The van der Waals surface area contributed by atoms with E-state index in [1.807, 2.05) is 107 Å². The van der Waals surface area contributed by atoms with Gasteiger partial charge in [-0.1, -0.05) is 90.2 Å². The predicted octanol–water partition coefficient (Wildman–Crippen LogP) is 8.82. The number of carbonyl (C=O) groups is 3. The minimum Gasteiger partial charge on any atom is -0.462 e. The first-order valence-corrected chi connectivity index (χ1v) is 13.0. The van der Waals surface area contributed by atoms with Crippen LogP contribution in [0.4, 0.5) is 0 Å². The summed E-state index contributed by atoms with van der Waals surface area (Å²) >= 11 is 0. The average Bonchev–Trinajstić information content (AvgIpc) is 2.89. The van der Waals surface area contributed by atoms with Crippen LogP contribution in [0.25, 0.3) is 0 Å². The van der Waals surface area contributed by atoms with Crippen LogP contribution in [0.15, 0.2) is 48.6 Å². The summed E-state index contributed by atoms with van der Waals surface area (Å²) in [5.74, 6) is -1.51. The lowest BCUT2D eigenvalue weighted by Gasteiger charge is -2.15. The Morgan fingerprint density at radius 1 is 0.528 bits per heavy atom. The van der Waals surface area contributed by atoms with Gasteiger partial charge in [-0.2, -0.15) is 0 Å². The number of hydrogen-bond acceptors (Lipinski definition) is 6. The van der Waals surface area contributed by atoms with Crippen LogP contribution in [0.3, 0.4) is 0 Å². The molecule has 0 N–H and O–H groups in total. The Labute approximate surface area is 224 Å². The normalized spacial score (nSPS) is 8.89. The van der Waals surface area contributed by atoms with Gasteiger partial charge in [0.25, 0.3) is 0 Å². The average molecular weight is 517 g/mol. The third-order valence-corrected chi connectivity index (χ3v) is 2.69. The van der Waals surface area contributed by atoms with Crippen molar-refractivity contribution in [3.8, 4) is 0 Å². The monoisotopic (exact) mass is 516 g/mol. The smallest absolute Gasteiger partial charge is 0.303 e. The SMILES string of the molecule is C/C=C\C.C/C=C\C.C/C=C\C/C=C\C.CC.CC.CC.CC(=O)OCC(COC(C)=O)OC(C)=O. The van der Waals surface area contributed by atoms with Crippen LogP contribution in [0.1, 0.15) is 110 Å². The van der Waals surface area contributed by atoms with E-state index in [0.29, 0.717) is 0 Å². The second-order valence-electron chi connectivity index (χ2n) is 5.54. The number of rotatable bonds is 7. The van der Waals surface area contributed by atoms with E-state index in [2.05, 4.69) is 33.8 Å². The van der Waals surface area contributed by atoms with Crippen molar-refractivity contribution in [3.63, 3.8) is 0 Å². The number of hydrogen-bond donors (Lipinski definition) is 0. The molecule has 0 saturated heterocycles. The minimum absolute atomic E-state index is 0.123. The first-order chi connectivity index (χ1) is 17.2. The molecule has 6 heteroatoms. The highest BCUT2D eigenvalue weighted by Gasteiger charge is 2.15. The highest BCUT2D eigenvalue weighted by atomic mass is 16.6. The third kappa shape index (κ3) is 95.9. The summed E-state index contributed by atoms with van der Waals surface area (Å²) in [5, 5.41) is 0. The summed E-state index contributed by atoms with van der Waals surface area (Å²) in [7, 11) is 0. The zero-order valence-electron chi connectivity index (χ0n) is 26.3. The Balaban J connectivity index is -0.0000000667. The first kappa shape index (κ1) is 50.3. The van der Waals surface area contributed by atoms with E-state index in [9.17, 15) is 14.4 Å². The van der Waals surface area contributed by atoms with Gasteiger partial charge in [-0.05, 0) is 48.0 Å². The van der Waals surface area contributed by atoms with Crippen LogP contribution in [-0.2, 0) is 28.6 Å². The maximum Gasteiger partial charge on any atom is 0.303 e. The molecule has 0 fully saturated rings. The quantitative estimate of drug-likeness (QED) is 0.191.